The van der Waals surface area contributed by atoms with E-state index in [4.69, 9.17) is 14.2 Å². The number of urea groups is 1. The number of amides is 2. The first-order chi connectivity index (χ1) is 14.7. The zero-order chi connectivity index (χ0) is 22.8. The molecule has 0 aliphatic carbocycles. The van der Waals surface area contributed by atoms with E-state index in [0.29, 0.717) is 22.6 Å². The average molecular weight is 467 g/mol. The second-order valence-corrected chi connectivity index (χ2v) is 8.28. The second-order valence-electron chi connectivity index (χ2n) is 8.28. The zero-order valence-electron chi connectivity index (χ0n) is 19.2. The fraction of sp³-hybridized carbons (Fsp3) is 0.391. The molecule has 1 N–H and O–H groups in total. The first-order valence-electron chi connectivity index (χ1n) is 9.90. The van der Waals surface area contributed by atoms with Gasteiger partial charge >= 0.3 is 57.4 Å². The van der Waals surface area contributed by atoms with Gasteiger partial charge in [0.05, 0.1) is 26.2 Å². The number of aliphatic carboxylic acids is 1. The largest absolute Gasteiger partial charge is 1.00 e. The zero-order valence-corrected chi connectivity index (χ0v) is 22.4. The Kier molecular flexibility index (Phi) is 9.15. The van der Waals surface area contributed by atoms with Crippen molar-refractivity contribution in [1.82, 2.24) is 10.2 Å². The molecule has 166 valence electrons. The van der Waals surface area contributed by atoms with Gasteiger partial charge in [-0.15, -0.1) is 0 Å². The summed E-state index contributed by atoms with van der Waals surface area (Å²) in [5.41, 5.74) is 0.569. The molecule has 1 fully saturated rings. The third kappa shape index (κ3) is 5.83. The SMILES string of the molecule is COc1ccc(C2O[C@@H](C(=O)[O-])[C@H](c3ccccc3)N2C(=O)NC(C)(C)C)c(OC)c1.[K+]. The minimum atomic E-state index is -1.41. The third-order valence-electron chi connectivity index (χ3n) is 4.91. The average Bonchev–Trinajstić information content (AvgIpc) is 3.13. The molecular formula is C23H27KN2O6. The van der Waals surface area contributed by atoms with Crippen molar-refractivity contribution in [3.8, 4) is 11.5 Å². The van der Waals surface area contributed by atoms with Crippen LogP contribution in [0.1, 0.15) is 44.2 Å². The Labute approximate surface area is 230 Å². The number of carbonyl (C=O) groups excluding carboxylic acids is 2. The molecule has 1 unspecified atom stereocenters. The van der Waals surface area contributed by atoms with Gasteiger partial charge in [0.25, 0.3) is 0 Å². The second kappa shape index (κ2) is 11.0. The summed E-state index contributed by atoms with van der Waals surface area (Å²) < 4.78 is 16.7. The minimum Gasteiger partial charge on any atom is -0.547 e. The van der Waals surface area contributed by atoms with Crippen LogP contribution in [0, 0.1) is 0 Å². The van der Waals surface area contributed by atoms with Crippen LogP contribution in [0.5, 0.6) is 11.5 Å². The van der Waals surface area contributed by atoms with E-state index in [9.17, 15) is 14.7 Å². The van der Waals surface area contributed by atoms with Crippen LogP contribution >= 0.6 is 0 Å². The molecule has 32 heavy (non-hydrogen) atoms. The van der Waals surface area contributed by atoms with E-state index in [0.717, 1.165) is 0 Å². The summed E-state index contributed by atoms with van der Waals surface area (Å²) in [5, 5.41) is 14.9. The number of rotatable bonds is 5. The van der Waals surface area contributed by atoms with Crippen molar-refractivity contribution in [3.63, 3.8) is 0 Å². The van der Waals surface area contributed by atoms with Gasteiger partial charge in [0, 0.05) is 17.2 Å². The Morgan fingerprint density at radius 2 is 1.72 bits per heavy atom. The molecule has 8 nitrogen and oxygen atoms in total. The summed E-state index contributed by atoms with van der Waals surface area (Å²) >= 11 is 0. The van der Waals surface area contributed by atoms with Gasteiger partial charge in [-0.25, -0.2) is 4.79 Å². The summed E-state index contributed by atoms with van der Waals surface area (Å²) in [7, 11) is 3.01. The number of nitrogens with one attached hydrogen (secondary N) is 1. The van der Waals surface area contributed by atoms with E-state index in [1.54, 1.807) is 42.5 Å². The molecule has 3 atom stereocenters. The predicted octanol–water partition coefficient (Wildman–Crippen LogP) is -0.593. The Morgan fingerprint density at radius 1 is 1.06 bits per heavy atom. The van der Waals surface area contributed by atoms with Crippen LogP contribution in [-0.4, -0.2) is 42.8 Å². The van der Waals surface area contributed by atoms with Crippen molar-refractivity contribution >= 4 is 12.0 Å². The van der Waals surface area contributed by atoms with E-state index in [1.165, 1.54) is 19.1 Å². The van der Waals surface area contributed by atoms with Crippen LogP contribution in [0.3, 0.4) is 0 Å². The number of methoxy groups -OCH3 is 2. The van der Waals surface area contributed by atoms with Crippen LogP contribution < -0.4 is 71.3 Å². The normalized spacial score (nSPS) is 20.3. The van der Waals surface area contributed by atoms with Gasteiger partial charge in [-0.2, -0.15) is 0 Å². The summed E-state index contributed by atoms with van der Waals surface area (Å²) in [5.74, 6) is -0.443. The van der Waals surface area contributed by atoms with Gasteiger partial charge in [0.2, 0.25) is 0 Å². The summed E-state index contributed by atoms with van der Waals surface area (Å²) in [6.45, 7) is 5.54. The van der Waals surface area contributed by atoms with Crippen molar-refractivity contribution in [2.75, 3.05) is 14.2 Å². The topological polar surface area (TPSA) is 100 Å². The van der Waals surface area contributed by atoms with E-state index >= 15 is 0 Å². The maximum absolute atomic E-state index is 13.4. The number of benzene rings is 2. The molecule has 0 radical (unpaired) electrons. The smallest absolute Gasteiger partial charge is 0.547 e. The van der Waals surface area contributed by atoms with Gasteiger partial charge in [0.1, 0.15) is 17.6 Å². The summed E-state index contributed by atoms with van der Waals surface area (Å²) in [6, 6.07) is 12.6. The molecule has 1 saturated heterocycles. The van der Waals surface area contributed by atoms with Crippen molar-refractivity contribution in [2.24, 2.45) is 0 Å². The van der Waals surface area contributed by atoms with Crippen molar-refractivity contribution in [1.29, 1.82) is 0 Å². The van der Waals surface area contributed by atoms with E-state index in [2.05, 4.69) is 5.32 Å². The van der Waals surface area contributed by atoms with Crippen LogP contribution in [0.15, 0.2) is 48.5 Å². The molecule has 1 aliphatic heterocycles. The van der Waals surface area contributed by atoms with Crippen LogP contribution in [0.2, 0.25) is 0 Å². The number of ether oxygens (including phenoxy) is 3. The molecule has 1 heterocycles. The van der Waals surface area contributed by atoms with Gasteiger partial charge in [-0.3, -0.25) is 4.90 Å². The maximum Gasteiger partial charge on any atom is 1.00 e. The van der Waals surface area contributed by atoms with E-state index in [1.807, 2.05) is 26.8 Å². The molecule has 2 aromatic rings. The standard InChI is InChI=1S/C23H28N2O6.K/c1-23(2,3)24-22(28)25-18(14-9-7-6-8-10-14)19(21(26)27)31-20(25)16-12-11-15(29-4)13-17(16)30-5;/h6-13,18-20H,1-5H3,(H,24,28)(H,26,27);/q;+1/p-1/t18-,19+,20?;/m0./s1. The predicted molar refractivity (Wildman–Crippen MR) is 111 cm³/mol. The summed E-state index contributed by atoms with van der Waals surface area (Å²) in [6.07, 6.45) is -2.39. The number of carbonyl (C=O) groups is 2. The molecule has 0 bridgehead atoms. The molecule has 1 aliphatic rings. The third-order valence-corrected chi connectivity index (χ3v) is 4.91. The fourth-order valence-corrected chi connectivity index (χ4v) is 3.60. The van der Waals surface area contributed by atoms with Crippen molar-refractivity contribution in [2.45, 2.75) is 44.7 Å². The number of nitrogens with zero attached hydrogens (tertiary/aromatic N) is 1. The number of hydrogen-bond donors (Lipinski definition) is 1. The molecule has 9 heteroatoms. The van der Waals surface area contributed by atoms with E-state index in [-0.39, 0.29) is 51.4 Å². The fourth-order valence-electron chi connectivity index (χ4n) is 3.60. The quantitative estimate of drug-likeness (QED) is 0.591. The number of carboxylic acid groups (broad SMARTS) is 1. The number of hydrogen-bond acceptors (Lipinski definition) is 6. The molecule has 0 spiro atoms. The Balaban J connectivity index is 0.00000363. The van der Waals surface area contributed by atoms with Gasteiger partial charge in [0.15, 0.2) is 6.23 Å². The van der Waals surface area contributed by atoms with Gasteiger partial charge in [-0.1, -0.05) is 30.3 Å². The maximum atomic E-state index is 13.4. The van der Waals surface area contributed by atoms with Crippen LogP contribution in [0.25, 0.3) is 0 Å². The Morgan fingerprint density at radius 3 is 2.25 bits per heavy atom. The molecule has 3 rings (SSSR count). The molecule has 0 saturated carbocycles. The molecule has 0 aromatic heterocycles. The van der Waals surface area contributed by atoms with Crippen molar-refractivity contribution in [3.05, 3.63) is 59.7 Å². The Bertz CT molecular complexity index is 947. The first kappa shape index (κ1) is 26.6. The summed E-state index contributed by atoms with van der Waals surface area (Å²) in [4.78, 5) is 26.8. The Hall–Kier alpha value is -1.62. The first-order valence-corrected chi connectivity index (χ1v) is 9.90. The van der Waals surface area contributed by atoms with Gasteiger partial charge < -0.3 is 29.4 Å². The molecule has 2 amide bonds. The number of carboxylic acids is 1. The van der Waals surface area contributed by atoms with Gasteiger partial charge in [-0.05, 0) is 38.5 Å². The van der Waals surface area contributed by atoms with Crippen LogP contribution in [0.4, 0.5) is 4.79 Å². The monoisotopic (exact) mass is 466 g/mol. The van der Waals surface area contributed by atoms with Crippen molar-refractivity contribution < 1.29 is 80.3 Å². The molecular weight excluding hydrogens is 439 g/mol. The van der Waals surface area contributed by atoms with Crippen LogP contribution in [-0.2, 0) is 9.53 Å². The van der Waals surface area contributed by atoms with E-state index < -0.39 is 35.9 Å². The minimum absolute atomic E-state index is 0. The molecule has 2 aromatic carbocycles.